The van der Waals surface area contributed by atoms with Crippen molar-refractivity contribution in [1.82, 2.24) is 9.88 Å². The Bertz CT molecular complexity index is 896. The van der Waals surface area contributed by atoms with Crippen LogP contribution >= 0.6 is 0 Å². The Hall–Kier alpha value is -2.83. The van der Waals surface area contributed by atoms with Crippen LogP contribution in [0.2, 0.25) is 0 Å². The first-order chi connectivity index (χ1) is 13.2. The molecule has 7 nitrogen and oxygen atoms in total. The molecule has 2 heterocycles. The maximum atomic E-state index is 12.8. The number of carbonyl (C=O) groups is 3. The van der Waals surface area contributed by atoms with E-state index < -0.39 is 29.8 Å². The fourth-order valence-corrected chi connectivity index (χ4v) is 3.35. The number of rotatable bonds is 4. The first-order valence-electron chi connectivity index (χ1n) is 9.48. The number of hydrogen-bond acceptors (Lipinski definition) is 5. The molecule has 2 aromatic rings. The molecule has 7 heteroatoms. The highest BCUT2D eigenvalue weighted by atomic mass is 16.6. The van der Waals surface area contributed by atoms with Crippen LogP contribution in [-0.2, 0) is 14.3 Å². The summed E-state index contributed by atoms with van der Waals surface area (Å²) in [4.78, 5) is 42.2. The molecule has 0 radical (unpaired) electrons. The van der Waals surface area contributed by atoms with E-state index in [1.54, 1.807) is 33.9 Å². The Morgan fingerprint density at radius 2 is 1.93 bits per heavy atom. The summed E-state index contributed by atoms with van der Waals surface area (Å²) < 4.78 is 10.8. The second-order valence-electron chi connectivity index (χ2n) is 8.02. The molecule has 1 saturated heterocycles. The van der Waals surface area contributed by atoms with Crippen LogP contribution < -0.4 is 0 Å². The number of para-hydroxylation sites is 1. The molecule has 150 valence electrons. The number of aromatic nitrogens is 1. The minimum atomic E-state index is -0.951. The van der Waals surface area contributed by atoms with Crippen LogP contribution in [0, 0.1) is 0 Å². The summed E-state index contributed by atoms with van der Waals surface area (Å²) in [6.45, 7) is 7.30. The maximum absolute atomic E-state index is 12.8. The van der Waals surface area contributed by atoms with Crippen molar-refractivity contribution in [1.29, 1.82) is 0 Å². The quantitative estimate of drug-likeness (QED) is 0.640. The number of H-pyrrole nitrogens is 1. The number of esters is 1. The number of ether oxygens (including phenoxy) is 2. The molecule has 1 N–H and O–H groups in total. The van der Waals surface area contributed by atoms with Gasteiger partial charge in [0.2, 0.25) is 5.78 Å². The largest absolute Gasteiger partial charge is 0.453 e. The molecule has 1 amide bonds. The minimum Gasteiger partial charge on any atom is -0.453 e. The normalized spacial score (nSPS) is 18.1. The molecular weight excluding hydrogens is 360 g/mol. The molecule has 0 aliphatic carbocycles. The first kappa shape index (κ1) is 19.9. The zero-order valence-corrected chi connectivity index (χ0v) is 16.7. The van der Waals surface area contributed by atoms with Gasteiger partial charge in [0.1, 0.15) is 11.6 Å². The third-order valence-corrected chi connectivity index (χ3v) is 4.67. The number of hydrogen-bond donors (Lipinski definition) is 1. The van der Waals surface area contributed by atoms with Crippen molar-refractivity contribution in [3.05, 3.63) is 36.0 Å². The number of benzene rings is 1. The number of fused-ring (bicyclic) bond motifs is 1. The SMILES string of the molecule is C[C@H](OC(=O)[C@H]1CCCN1C(=O)OC(C)(C)C)C(=O)c1c[nH]c2ccccc12. The molecule has 0 spiro atoms. The number of ketones is 1. The Labute approximate surface area is 164 Å². The van der Waals surface area contributed by atoms with E-state index in [2.05, 4.69) is 4.98 Å². The van der Waals surface area contributed by atoms with Crippen LogP contribution in [0.25, 0.3) is 10.9 Å². The lowest BCUT2D eigenvalue weighted by Gasteiger charge is -2.28. The van der Waals surface area contributed by atoms with Crippen molar-refractivity contribution in [2.45, 2.75) is 58.3 Å². The summed E-state index contributed by atoms with van der Waals surface area (Å²) in [5.74, 6) is -0.864. The lowest BCUT2D eigenvalue weighted by Crippen LogP contribution is -2.45. The highest BCUT2D eigenvalue weighted by Crippen LogP contribution is 2.24. The third kappa shape index (κ3) is 4.18. The van der Waals surface area contributed by atoms with E-state index in [1.165, 1.54) is 4.90 Å². The molecule has 0 bridgehead atoms. The average molecular weight is 386 g/mol. The number of nitrogens with zero attached hydrogens (tertiary/aromatic N) is 1. The van der Waals surface area contributed by atoms with Gasteiger partial charge in [-0.25, -0.2) is 9.59 Å². The van der Waals surface area contributed by atoms with Crippen LogP contribution in [0.15, 0.2) is 30.5 Å². The van der Waals surface area contributed by atoms with E-state index in [0.29, 0.717) is 24.9 Å². The summed E-state index contributed by atoms with van der Waals surface area (Å²) in [5.41, 5.74) is 0.676. The highest BCUT2D eigenvalue weighted by Gasteiger charge is 2.38. The van der Waals surface area contributed by atoms with Gasteiger partial charge in [0.05, 0.1) is 0 Å². The van der Waals surface area contributed by atoms with E-state index >= 15 is 0 Å². The van der Waals surface area contributed by atoms with Crippen molar-refractivity contribution in [3.8, 4) is 0 Å². The highest BCUT2D eigenvalue weighted by molar-refractivity contribution is 6.10. The van der Waals surface area contributed by atoms with Gasteiger partial charge in [0.15, 0.2) is 6.10 Å². The maximum Gasteiger partial charge on any atom is 0.411 e. The number of nitrogens with one attached hydrogen (secondary N) is 1. The van der Waals surface area contributed by atoms with E-state index in [1.807, 2.05) is 24.3 Å². The summed E-state index contributed by atoms with van der Waals surface area (Å²) in [6, 6.07) is 6.71. The smallest absolute Gasteiger partial charge is 0.411 e. The van der Waals surface area contributed by atoms with Gasteiger partial charge in [-0.1, -0.05) is 18.2 Å². The fourth-order valence-electron chi connectivity index (χ4n) is 3.35. The summed E-state index contributed by atoms with van der Waals surface area (Å²) >= 11 is 0. The van der Waals surface area contributed by atoms with Gasteiger partial charge in [0.25, 0.3) is 0 Å². The molecule has 1 aromatic carbocycles. The van der Waals surface area contributed by atoms with Gasteiger partial charge in [-0.15, -0.1) is 0 Å². The predicted molar refractivity (Wildman–Crippen MR) is 104 cm³/mol. The van der Waals surface area contributed by atoms with Crippen molar-refractivity contribution in [3.63, 3.8) is 0 Å². The summed E-state index contributed by atoms with van der Waals surface area (Å²) in [7, 11) is 0. The molecule has 3 rings (SSSR count). The van der Waals surface area contributed by atoms with Crippen molar-refractivity contribution in [2.24, 2.45) is 0 Å². The molecule has 0 unspecified atom stereocenters. The molecule has 1 aromatic heterocycles. The van der Waals surface area contributed by atoms with Crippen LogP contribution in [0.4, 0.5) is 4.79 Å². The number of carbonyl (C=O) groups excluding carboxylic acids is 3. The topological polar surface area (TPSA) is 88.7 Å². The Morgan fingerprint density at radius 3 is 2.64 bits per heavy atom. The van der Waals surface area contributed by atoms with E-state index in [4.69, 9.17) is 9.47 Å². The molecule has 1 fully saturated rings. The van der Waals surface area contributed by atoms with Gasteiger partial charge >= 0.3 is 12.1 Å². The second-order valence-corrected chi connectivity index (χ2v) is 8.02. The Kier molecular flexibility index (Phi) is 5.45. The lowest BCUT2D eigenvalue weighted by atomic mass is 10.1. The molecular formula is C21H26N2O5. The lowest BCUT2D eigenvalue weighted by molar-refractivity contribution is -0.151. The van der Waals surface area contributed by atoms with E-state index in [9.17, 15) is 14.4 Å². The van der Waals surface area contributed by atoms with Crippen molar-refractivity contribution < 1.29 is 23.9 Å². The third-order valence-electron chi connectivity index (χ3n) is 4.67. The number of likely N-dealkylation sites (tertiary alicyclic amines) is 1. The zero-order chi connectivity index (χ0) is 20.5. The fraction of sp³-hybridized carbons (Fsp3) is 0.476. The summed E-state index contributed by atoms with van der Waals surface area (Å²) in [6.07, 6.45) is 1.31. The molecule has 1 aliphatic heterocycles. The van der Waals surface area contributed by atoms with Gasteiger partial charge in [-0.05, 0) is 46.6 Å². The molecule has 0 saturated carbocycles. The van der Waals surface area contributed by atoms with Crippen LogP contribution in [0.5, 0.6) is 0 Å². The molecule has 28 heavy (non-hydrogen) atoms. The van der Waals surface area contributed by atoms with Crippen LogP contribution in [-0.4, -0.2) is 52.0 Å². The summed E-state index contributed by atoms with van der Waals surface area (Å²) in [5, 5.41) is 0.784. The predicted octanol–water partition coefficient (Wildman–Crippen LogP) is 3.68. The van der Waals surface area contributed by atoms with Gasteiger partial charge in [-0.2, -0.15) is 0 Å². The standard InChI is InChI=1S/C21H26N2O5/c1-13(18(24)15-12-22-16-9-6-5-8-14(15)16)27-19(25)17-10-7-11-23(17)20(26)28-21(2,3)4/h5-6,8-9,12-13,17,22H,7,10-11H2,1-4H3/t13-,17+/m0/s1. The van der Waals surface area contributed by atoms with Crippen LogP contribution in [0.3, 0.4) is 0 Å². The first-order valence-corrected chi connectivity index (χ1v) is 9.48. The van der Waals surface area contributed by atoms with Crippen molar-refractivity contribution in [2.75, 3.05) is 6.54 Å². The Balaban J connectivity index is 1.68. The number of aromatic amines is 1. The molecule has 1 aliphatic rings. The van der Waals surface area contributed by atoms with Gasteiger partial charge in [-0.3, -0.25) is 9.69 Å². The zero-order valence-electron chi connectivity index (χ0n) is 16.7. The Morgan fingerprint density at radius 1 is 1.21 bits per heavy atom. The van der Waals surface area contributed by atoms with E-state index in [0.717, 1.165) is 10.9 Å². The minimum absolute atomic E-state index is 0.285. The van der Waals surface area contributed by atoms with Crippen molar-refractivity contribution >= 4 is 28.7 Å². The van der Waals surface area contributed by atoms with Crippen LogP contribution in [0.1, 0.15) is 50.9 Å². The molecule has 2 atom stereocenters. The van der Waals surface area contributed by atoms with Gasteiger partial charge in [0, 0.05) is 29.2 Å². The number of Topliss-reactive ketones (excluding diaryl/α,β-unsaturated/α-hetero) is 1. The van der Waals surface area contributed by atoms with E-state index in [-0.39, 0.29) is 5.78 Å². The second kappa shape index (κ2) is 7.66. The average Bonchev–Trinajstić information content (AvgIpc) is 3.26. The van der Waals surface area contributed by atoms with Gasteiger partial charge < -0.3 is 14.5 Å². The number of amides is 1. The monoisotopic (exact) mass is 386 g/mol.